The van der Waals surface area contributed by atoms with Crippen molar-refractivity contribution >= 4 is 22.8 Å². The van der Waals surface area contributed by atoms with Crippen molar-refractivity contribution in [3.8, 4) is 0 Å². The summed E-state index contributed by atoms with van der Waals surface area (Å²) in [5, 5.41) is 3.37. The summed E-state index contributed by atoms with van der Waals surface area (Å²) in [6.07, 6.45) is -2.94. The van der Waals surface area contributed by atoms with Crippen LogP contribution in [0.3, 0.4) is 0 Å². The lowest BCUT2D eigenvalue weighted by Gasteiger charge is -2.25. The van der Waals surface area contributed by atoms with Crippen LogP contribution in [0.25, 0.3) is 11.0 Å². The van der Waals surface area contributed by atoms with Crippen molar-refractivity contribution in [2.75, 3.05) is 11.9 Å². The highest BCUT2D eigenvalue weighted by atomic mass is 19.3. The van der Waals surface area contributed by atoms with Gasteiger partial charge in [0.05, 0.1) is 17.0 Å². The maximum atomic E-state index is 14.6. The molecule has 7 nitrogen and oxygen atoms in total. The van der Waals surface area contributed by atoms with Crippen LogP contribution < -0.4 is 10.9 Å². The normalized spacial score (nSPS) is 12.4. The highest BCUT2D eigenvalue weighted by Gasteiger charge is 2.23. The first-order valence-corrected chi connectivity index (χ1v) is 10.6. The summed E-state index contributed by atoms with van der Waals surface area (Å²) in [5.74, 6) is -0.871. The van der Waals surface area contributed by atoms with E-state index >= 15 is 0 Å². The number of hydrogen-bond acceptors (Lipinski definition) is 5. The van der Waals surface area contributed by atoms with Gasteiger partial charge < -0.3 is 15.2 Å². The molecule has 1 atom stereocenters. The zero-order valence-electron chi connectivity index (χ0n) is 19.0. The monoisotopic (exact) mass is 461 g/mol. The number of aryl methyl sites for hydroxylation is 1. The van der Waals surface area contributed by atoms with Crippen LogP contribution in [0.4, 0.5) is 19.0 Å². The number of benzene rings is 1. The van der Waals surface area contributed by atoms with E-state index in [2.05, 4.69) is 20.3 Å². The van der Waals surface area contributed by atoms with E-state index in [9.17, 15) is 22.8 Å². The predicted octanol–water partition coefficient (Wildman–Crippen LogP) is 4.75. The number of alkyl halides is 2. The molecule has 0 saturated carbocycles. The first kappa shape index (κ1) is 24.2. The molecule has 0 unspecified atom stereocenters. The first-order chi connectivity index (χ1) is 15.5. The van der Waals surface area contributed by atoms with E-state index in [4.69, 9.17) is 0 Å². The molecule has 2 heterocycles. The Hall–Kier alpha value is -3.43. The number of carbonyl (C=O) groups is 1. The molecule has 0 fully saturated rings. The van der Waals surface area contributed by atoms with E-state index in [1.807, 2.05) is 20.8 Å². The van der Waals surface area contributed by atoms with Crippen molar-refractivity contribution < 1.29 is 18.0 Å². The van der Waals surface area contributed by atoms with E-state index in [0.717, 1.165) is 6.07 Å². The molecule has 3 aromatic rings. The topological polar surface area (TPSA) is 91.0 Å². The van der Waals surface area contributed by atoms with Crippen molar-refractivity contribution in [1.29, 1.82) is 0 Å². The van der Waals surface area contributed by atoms with E-state index in [-0.39, 0.29) is 28.6 Å². The number of halogens is 3. The predicted molar refractivity (Wildman–Crippen MR) is 120 cm³/mol. The number of pyridine rings is 1. The van der Waals surface area contributed by atoms with Gasteiger partial charge in [-0.1, -0.05) is 18.2 Å². The quantitative estimate of drug-likeness (QED) is 0.530. The molecule has 0 saturated heterocycles. The number of anilines is 1. The average Bonchev–Trinajstić information content (AvgIpc) is 2.73. The molecule has 10 heteroatoms. The van der Waals surface area contributed by atoms with Crippen LogP contribution in [0.2, 0.25) is 0 Å². The SMILES string of the molecule is CCN(C(=O)c1cc2c(N[C@H](C)c3cccc(C(F)F)c3F)nc(C)nc2[nH]c1=O)C(C)C. The Morgan fingerprint density at radius 2 is 1.85 bits per heavy atom. The number of hydrogen-bond donors (Lipinski definition) is 2. The minimum atomic E-state index is -2.94. The third kappa shape index (κ3) is 4.84. The minimum Gasteiger partial charge on any atom is -0.363 e. The van der Waals surface area contributed by atoms with Gasteiger partial charge in [-0.15, -0.1) is 0 Å². The third-order valence-electron chi connectivity index (χ3n) is 5.39. The second-order valence-corrected chi connectivity index (χ2v) is 8.00. The van der Waals surface area contributed by atoms with Gasteiger partial charge in [0.2, 0.25) is 0 Å². The Morgan fingerprint density at radius 1 is 1.18 bits per heavy atom. The van der Waals surface area contributed by atoms with E-state index < -0.39 is 35.3 Å². The van der Waals surface area contributed by atoms with Crippen LogP contribution in [0, 0.1) is 12.7 Å². The molecule has 2 N–H and O–H groups in total. The van der Waals surface area contributed by atoms with Gasteiger partial charge in [0.1, 0.15) is 28.7 Å². The van der Waals surface area contributed by atoms with Gasteiger partial charge in [0, 0.05) is 18.2 Å². The maximum Gasteiger partial charge on any atom is 0.266 e. The molecule has 2 aromatic heterocycles. The number of nitrogens with one attached hydrogen (secondary N) is 2. The van der Waals surface area contributed by atoms with Crippen LogP contribution >= 0.6 is 0 Å². The maximum absolute atomic E-state index is 14.6. The number of aromatic amines is 1. The lowest BCUT2D eigenvalue weighted by atomic mass is 10.0. The molecule has 0 aliphatic carbocycles. The summed E-state index contributed by atoms with van der Waals surface area (Å²) < 4.78 is 40.9. The lowest BCUT2D eigenvalue weighted by molar-refractivity contribution is 0.0715. The molecule has 0 spiro atoms. The number of aromatic nitrogens is 3. The molecular formula is C23H26F3N5O2. The van der Waals surface area contributed by atoms with Gasteiger partial charge >= 0.3 is 0 Å². The molecule has 3 rings (SSSR count). The Morgan fingerprint density at radius 3 is 2.45 bits per heavy atom. The van der Waals surface area contributed by atoms with Gasteiger partial charge in [-0.25, -0.2) is 23.1 Å². The zero-order valence-corrected chi connectivity index (χ0v) is 19.0. The molecule has 1 aromatic carbocycles. The molecule has 33 heavy (non-hydrogen) atoms. The Kier molecular flexibility index (Phi) is 7.04. The number of H-pyrrole nitrogens is 1. The fourth-order valence-electron chi connectivity index (χ4n) is 3.72. The third-order valence-corrected chi connectivity index (χ3v) is 5.39. The van der Waals surface area contributed by atoms with Crippen LogP contribution in [-0.4, -0.2) is 38.3 Å². The second kappa shape index (κ2) is 9.60. The summed E-state index contributed by atoms with van der Waals surface area (Å²) in [5.41, 5.74) is -1.11. The smallest absolute Gasteiger partial charge is 0.266 e. The Balaban J connectivity index is 2.09. The Bertz CT molecular complexity index is 1240. The van der Waals surface area contributed by atoms with Crippen molar-refractivity contribution in [3.05, 3.63) is 63.0 Å². The molecule has 1 amide bonds. The van der Waals surface area contributed by atoms with Gasteiger partial charge in [0.15, 0.2) is 0 Å². The molecule has 0 bridgehead atoms. The molecule has 0 aliphatic heterocycles. The molecule has 0 radical (unpaired) electrons. The highest BCUT2D eigenvalue weighted by Crippen LogP contribution is 2.30. The fraction of sp³-hybridized carbons (Fsp3) is 0.391. The van der Waals surface area contributed by atoms with E-state index in [0.29, 0.717) is 17.8 Å². The van der Waals surface area contributed by atoms with Crippen LogP contribution in [0.15, 0.2) is 29.1 Å². The van der Waals surface area contributed by atoms with Crippen molar-refractivity contribution in [1.82, 2.24) is 19.9 Å². The standard InChI is InChI=1S/C23H26F3N5O2/c1-6-31(11(2)3)23(33)17-10-16-20(28-13(5)29-21(16)30-22(17)32)27-12(4)14-8-7-9-15(18(14)24)19(25)26/h7-12,19H,6H2,1-5H3,(H2,27,28,29,30,32)/t12-/m1/s1. The number of nitrogens with zero attached hydrogens (tertiary/aromatic N) is 3. The minimum absolute atomic E-state index is 0.0369. The highest BCUT2D eigenvalue weighted by molar-refractivity contribution is 5.99. The number of rotatable bonds is 7. The van der Waals surface area contributed by atoms with Gasteiger partial charge in [-0.05, 0) is 40.7 Å². The fourth-order valence-corrected chi connectivity index (χ4v) is 3.72. The molecule has 0 aliphatic rings. The van der Waals surface area contributed by atoms with Gasteiger partial charge in [-0.3, -0.25) is 9.59 Å². The summed E-state index contributed by atoms with van der Waals surface area (Å²) in [7, 11) is 0. The summed E-state index contributed by atoms with van der Waals surface area (Å²) in [6.45, 7) is 9.14. The van der Waals surface area contributed by atoms with Crippen molar-refractivity contribution in [2.24, 2.45) is 0 Å². The Labute approximate surface area is 189 Å². The van der Waals surface area contributed by atoms with Crippen LogP contribution in [0.1, 0.15) is 67.5 Å². The second-order valence-electron chi connectivity index (χ2n) is 8.00. The molecular weight excluding hydrogens is 435 g/mol. The summed E-state index contributed by atoms with van der Waals surface area (Å²) >= 11 is 0. The summed E-state index contributed by atoms with van der Waals surface area (Å²) in [4.78, 5) is 38.3. The lowest BCUT2D eigenvalue weighted by Crippen LogP contribution is -2.39. The molecule has 176 valence electrons. The first-order valence-electron chi connectivity index (χ1n) is 10.6. The van der Waals surface area contributed by atoms with Crippen LogP contribution in [-0.2, 0) is 0 Å². The van der Waals surface area contributed by atoms with Crippen LogP contribution in [0.5, 0.6) is 0 Å². The van der Waals surface area contributed by atoms with Crippen molar-refractivity contribution in [3.63, 3.8) is 0 Å². The average molecular weight is 461 g/mol. The summed E-state index contributed by atoms with van der Waals surface area (Å²) in [6, 6.07) is 4.36. The number of amides is 1. The van der Waals surface area contributed by atoms with Crippen molar-refractivity contribution in [2.45, 2.75) is 53.1 Å². The van der Waals surface area contributed by atoms with E-state index in [1.54, 1.807) is 18.7 Å². The largest absolute Gasteiger partial charge is 0.363 e. The number of carbonyl (C=O) groups excluding carboxylic acids is 1. The van der Waals surface area contributed by atoms with Gasteiger partial charge in [0.25, 0.3) is 17.9 Å². The number of fused-ring (bicyclic) bond motifs is 1. The van der Waals surface area contributed by atoms with E-state index in [1.165, 1.54) is 18.2 Å². The zero-order chi connectivity index (χ0) is 24.4. The van der Waals surface area contributed by atoms with Gasteiger partial charge in [-0.2, -0.15) is 0 Å².